The van der Waals surface area contributed by atoms with E-state index in [4.69, 9.17) is 24.2 Å². The fourth-order valence-electron chi connectivity index (χ4n) is 6.29. The number of aryl methyl sites for hydroxylation is 2. The average Bonchev–Trinajstić information content (AvgIpc) is 3.68. The van der Waals surface area contributed by atoms with Gasteiger partial charge in [-0.05, 0) is 85.3 Å². The minimum Gasteiger partial charge on any atom is -0.497 e. The SMILES string of the molecule is COc1ccc2nc(-c3ccc(-c4ccc(CCCOCCOc5ccc6c(c5)CN(C5CCC(=O)NC5=O)C6=O)nc4)cc3C)sc2c1. The summed E-state index contributed by atoms with van der Waals surface area (Å²) in [4.78, 5) is 47.7. The largest absolute Gasteiger partial charge is 0.497 e. The molecular formula is C38H36N4O6S. The molecule has 3 amide bonds. The number of ether oxygens (including phenoxy) is 3. The van der Waals surface area contributed by atoms with Gasteiger partial charge in [0.15, 0.2) is 0 Å². The molecule has 250 valence electrons. The molecule has 7 rings (SSSR count). The highest BCUT2D eigenvalue weighted by molar-refractivity contribution is 7.21. The van der Waals surface area contributed by atoms with Gasteiger partial charge < -0.3 is 19.1 Å². The summed E-state index contributed by atoms with van der Waals surface area (Å²) in [5.74, 6) is 0.565. The summed E-state index contributed by atoms with van der Waals surface area (Å²) in [5, 5.41) is 3.32. The maximum atomic E-state index is 12.9. The van der Waals surface area contributed by atoms with Crippen LogP contribution in [0.25, 0.3) is 31.9 Å². The fraction of sp³-hybridized carbons (Fsp3) is 0.289. The molecule has 0 aliphatic carbocycles. The molecule has 49 heavy (non-hydrogen) atoms. The maximum absolute atomic E-state index is 12.9. The number of piperidine rings is 1. The zero-order valence-electron chi connectivity index (χ0n) is 27.4. The van der Waals surface area contributed by atoms with E-state index in [0.717, 1.165) is 67.3 Å². The molecule has 11 heteroatoms. The smallest absolute Gasteiger partial charge is 0.255 e. The van der Waals surface area contributed by atoms with Crippen LogP contribution in [-0.2, 0) is 27.3 Å². The van der Waals surface area contributed by atoms with Crippen molar-refractivity contribution in [1.82, 2.24) is 20.2 Å². The van der Waals surface area contributed by atoms with Crippen molar-refractivity contribution in [2.45, 2.75) is 45.2 Å². The molecule has 0 saturated carbocycles. The number of imide groups is 1. The van der Waals surface area contributed by atoms with Crippen LogP contribution in [0.15, 0.2) is 72.9 Å². The summed E-state index contributed by atoms with van der Waals surface area (Å²) in [7, 11) is 1.68. The number of rotatable bonds is 12. The molecule has 1 fully saturated rings. The molecule has 0 spiro atoms. The maximum Gasteiger partial charge on any atom is 0.255 e. The predicted octanol–water partition coefficient (Wildman–Crippen LogP) is 6.13. The predicted molar refractivity (Wildman–Crippen MR) is 187 cm³/mol. The van der Waals surface area contributed by atoms with E-state index in [1.807, 2.05) is 30.5 Å². The summed E-state index contributed by atoms with van der Waals surface area (Å²) in [6.07, 6.45) is 4.14. The monoisotopic (exact) mass is 676 g/mol. The number of thiazole rings is 1. The minimum atomic E-state index is -0.631. The molecule has 2 aliphatic heterocycles. The number of nitrogens with zero attached hydrogens (tertiary/aromatic N) is 3. The molecule has 10 nitrogen and oxygen atoms in total. The number of carbonyl (C=O) groups excluding carboxylic acids is 3. The van der Waals surface area contributed by atoms with Crippen molar-refractivity contribution in [3.63, 3.8) is 0 Å². The zero-order chi connectivity index (χ0) is 33.9. The van der Waals surface area contributed by atoms with Crippen molar-refractivity contribution in [3.05, 3.63) is 95.3 Å². The fourth-order valence-corrected chi connectivity index (χ4v) is 7.37. The van der Waals surface area contributed by atoms with Gasteiger partial charge in [-0.1, -0.05) is 24.3 Å². The third-order valence-electron chi connectivity index (χ3n) is 8.92. The molecule has 1 atom stereocenters. The third kappa shape index (κ3) is 7.04. The lowest BCUT2D eigenvalue weighted by Crippen LogP contribution is -2.52. The van der Waals surface area contributed by atoms with Gasteiger partial charge in [0, 0.05) is 48.2 Å². The van der Waals surface area contributed by atoms with Crippen LogP contribution in [0, 0.1) is 6.92 Å². The molecule has 2 aliphatic rings. The van der Waals surface area contributed by atoms with E-state index in [2.05, 4.69) is 42.6 Å². The summed E-state index contributed by atoms with van der Waals surface area (Å²) in [6.45, 7) is 3.83. The molecule has 2 aromatic heterocycles. The standard InChI is InChI=1S/C38H36N4O6S/c1-23-18-24(6-10-30(23)37-40-32-12-9-28(46-2)20-34(32)49-37)25-5-7-27(39-21-25)4-3-15-47-16-17-48-29-8-11-31-26(19-29)22-42(38(31)45)33-13-14-35(43)41-36(33)44/h5-12,18-21,33H,3-4,13-17,22H2,1-2H3,(H,41,43,44). The first-order chi connectivity index (χ1) is 23.9. The van der Waals surface area contributed by atoms with E-state index in [9.17, 15) is 14.4 Å². The number of hydrogen-bond acceptors (Lipinski definition) is 9. The van der Waals surface area contributed by atoms with Gasteiger partial charge in [-0.15, -0.1) is 11.3 Å². The van der Waals surface area contributed by atoms with Gasteiger partial charge >= 0.3 is 0 Å². The molecule has 0 bridgehead atoms. The number of fused-ring (bicyclic) bond motifs is 2. The Kier molecular flexibility index (Phi) is 9.36. The van der Waals surface area contributed by atoms with Crippen LogP contribution in [0.3, 0.4) is 0 Å². The first-order valence-electron chi connectivity index (χ1n) is 16.4. The Bertz CT molecular complexity index is 2040. The van der Waals surface area contributed by atoms with Gasteiger partial charge in [0.1, 0.15) is 29.2 Å². The molecule has 1 N–H and O–H groups in total. The molecule has 5 aromatic rings. The number of benzene rings is 3. The highest BCUT2D eigenvalue weighted by Crippen LogP contribution is 2.35. The van der Waals surface area contributed by atoms with E-state index in [1.54, 1.807) is 30.6 Å². The van der Waals surface area contributed by atoms with Gasteiger partial charge in [0.05, 0.1) is 23.9 Å². The van der Waals surface area contributed by atoms with Gasteiger partial charge in [-0.3, -0.25) is 24.7 Å². The number of aromatic nitrogens is 2. The average molecular weight is 677 g/mol. The van der Waals surface area contributed by atoms with Crippen LogP contribution in [0.2, 0.25) is 0 Å². The van der Waals surface area contributed by atoms with Crippen molar-refractivity contribution in [3.8, 4) is 33.2 Å². The normalized spacial score (nSPS) is 15.8. The topological polar surface area (TPSA) is 120 Å². The van der Waals surface area contributed by atoms with Crippen molar-refractivity contribution >= 4 is 39.3 Å². The highest BCUT2D eigenvalue weighted by atomic mass is 32.1. The zero-order valence-corrected chi connectivity index (χ0v) is 28.2. The van der Waals surface area contributed by atoms with E-state index in [1.165, 1.54) is 4.90 Å². The second-order valence-corrected chi connectivity index (χ2v) is 13.2. The summed E-state index contributed by atoms with van der Waals surface area (Å²) >= 11 is 1.67. The summed E-state index contributed by atoms with van der Waals surface area (Å²) < 4.78 is 18.1. The van der Waals surface area contributed by atoms with Crippen molar-refractivity contribution in [2.75, 3.05) is 26.9 Å². The Morgan fingerprint density at radius 2 is 1.76 bits per heavy atom. The lowest BCUT2D eigenvalue weighted by Gasteiger charge is -2.29. The molecule has 1 unspecified atom stereocenters. The number of pyridine rings is 1. The van der Waals surface area contributed by atoms with Gasteiger partial charge in [0.25, 0.3) is 5.91 Å². The molecule has 3 aromatic carbocycles. The van der Waals surface area contributed by atoms with Crippen LogP contribution >= 0.6 is 11.3 Å². The van der Waals surface area contributed by atoms with Crippen LogP contribution in [0.5, 0.6) is 11.5 Å². The first kappa shape index (κ1) is 32.4. The van der Waals surface area contributed by atoms with E-state index in [-0.39, 0.29) is 18.2 Å². The Hall–Kier alpha value is -5.13. The minimum absolute atomic E-state index is 0.198. The van der Waals surface area contributed by atoms with Crippen LogP contribution in [0.1, 0.15) is 46.4 Å². The Balaban J connectivity index is 0.844. The number of amides is 3. The van der Waals surface area contributed by atoms with Gasteiger partial charge in [0.2, 0.25) is 11.8 Å². The van der Waals surface area contributed by atoms with Crippen molar-refractivity contribution in [1.29, 1.82) is 0 Å². The van der Waals surface area contributed by atoms with Crippen LogP contribution < -0.4 is 14.8 Å². The number of methoxy groups -OCH3 is 1. The van der Waals surface area contributed by atoms with E-state index < -0.39 is 11.9 Å². The number of nitrogens with one attached hydrogen (secondary N) is 1. The lowest BCUT2D eigenvalue weighted by atomic mass is 10.0. The van der Waals surface area contributed by atoms with Gasteiger partial charge in [-0.25, -0.2) is 4.98 Å². The quantitative estimate of drug-likeness (QED) is 0.124. The summed E-state index contributed by atoms with van der Waals surface area (Å²) in [6, 6.07) is 21.3. The lowest BCUT2D eigenvalue weighted by molar-refractivity contribution is -0.136. The van der Waals surface area contributed by atoms with E-state index in [0.29, 0.717) is 44.1 Å². The molecule has 1 saturated heterocycles. The van der Waals surface area contributed by atoms with Crippen LogP contribution in [-0.4, -0.2) is 65.6 Å². The van der Waals surface area contributed by atoms with Crippen molar-refractivity contribution in [2.24, 2.45) is 0 Å². The van der Waals surface area contributed by atoms with Gasteiger partial charge in [-0.2, -0.15) is 0 Å². The molecule has 0 radical (unpaired) electrons. The second-order valence-electron chi connectivity index (χ2n) is 12.2. The van der Waals surface area contributed by atoms with E-state index >= 15 is 0 Å². The molecular weight excluding hydrogens is 641 g/mol. The highest BCUT2D eigenvalue weighted by Gasteiger charge is 2.39. The molecule has 4 heterocycles. The Morgan fingerprint density at radius 1 is 0.918 bits per heavy atom. The first-order valence-corrected chi connectivity index (χ1v) is 17.2. The van der Waals surface area contributed by atoms with Crippen molar-refractivity contribution < 1.29 is 28.6 Å². The second kappa shape index (κ2) is 14.2. The number of hydrogen-bond donors (Lipinski definition) is 1. The summed E-state index contributed by atoms with van der Waals surface area (Å²) in [5.41, 5.74) is 7.84. The Labute approximate surface area is 288 Å². The van der Waals surface area contributed by atoms with Crippen LogP contribution in [0.4, 0.5) is 0 Å². The Morgan fingerprint density at radius 3 is 2.55 bits per heavy atom. The third-order valence-corrected chi connectivity index (χ3v) is 9.97. The number of carbonyl (C=O) groups is 3.